The van der Waals surface area contributed by atoms with Crippen LogP contribution in [0.15, 0.2) is 35.8 Å². The Balaban J connectivity index is 1.49. The monoisotopic (exact) mass is 437 g/mol. The molecule has 0 spiro atoms. The number of carbonyl (C=O) groups is 2. The summed E-state index contributed by atoms with van der Waals surface area (Å²) in [6.07, 6.45) is 0.367. The fourth-order valence-electron chi connectivity index (χ4n) is 3.94. The first-order valence-corrected chi connectivity index (χ1v) is 11.1. The average molecular weight is 438 g/mol. The quantitative estimate of drug-likeness (QED) is 0.645. The molecular formula is C23H23N3O4S. The molecule has 0 unspecified atom stereocenters. The number of nitrogens with one attached hydrogen (secondary N) is 2. The van der Waals surface area contributed by atoms with Gasteiger partial charge in [0.1, 0.15) is 17.6 Å². The Labute approximate surface area is 183 Å². The number of hydrogen-bond acceptors (Lipinski definition) is 6. The number of thiazole rings is 1. The Morgan fingerprint density at radius 2 is 2.06 bits per heavy atom. The van der Waals surface area contributed by atoms with Gasteiger partial charge in [-0.15, -0.1) is 11.3 Å². The number of hydrogen-bond donors (Lipinski definition) is 2. The van der Waals surface area contributed by atoms with Crippen LogP contribution in [0.2, 0.25) is 0 Å². The van der Waals surface area contributed by atoms with Crippen molar-refractivity contribution in [2.24, 2.45) is 5.92 Å². The molecule has 2 atom stereocenters. The van der Waals surface area contributed by atoms with Crippen molar-refractivity contribution < 1.29 is 19.1 Å². The molecule has 0 saturated carbocycles. The van der Waals surface area contributed by atoms with Crippen molar-refractivity contribution in [1.82, 2.24) is 10.3 Å². The van der Waals surface area contributed by atoms with Gasteiger partial charge in [0, 0.05) is 18.9 Å². The molecule has 0 bridgehead atoms. The van der Waals surface area contributed by atoms with Crippen molar-refractivity contribution in [2.45, 2.75) is 38.9 Å². The second kappa shape index (κ2) is 7.23. The van der Waals surface area contributed by atoms with Gasteiger partial charge in [0.2, 0.25) is 5.91 Å². The van der Waals surface area contributed by atoms with Crippen molar-refractivity contribution in [1.29, 1.82) is 0 Å². The Hall–Kier alpha value is -3.13. The van der Waals surface area contributed by atoms with Gasteiger partial charge in [-0.25, -0.2) is 4.98 Å². The minimum Gasteiger partial charge on any atom is -0.489 e. The summed E-state index contributed by atoms with van der Waals surface area (Å²) in [5.74, 6) is 1.43. The van der Waals surface area contributed by atoms with E-state index < -0.39 is 5.60 Å². The van der Waals surface area contributed by atoms with E-state index in [1.807, 2.05) is 37.3 Å². The molecule has 160 valence electrons. The van der Waals surface area contributed by atoms with Crippen molar-refractivity contribution in [3.05, 3.63) is 35.8 Å². The maximum absolute atomic E-state index is 12.3. The highest BCUT2D eigenvalue weighted by Crippen LogP contribution is 2.40. The van der Waals surface area contributed by atoms with Crippen LogP contribution in [-0.4, -0.2) is 35.0 Å². The third-order valence-corrected chi connectivity index (χ3v) is 6.71. The number of rotatable bonds is 4. The molecule has 2 aliphatic rings. The maximum atomic E-state index is 12.3. The first kappa shape index (κ1) is 19.8. The van der Waals surface area contributed by atoms with Gasteiger partial charge < -0.3 is 20.1 Å². The van der Waals surface area contributed by atoms with Gasteiger partial charge in [0.05, 0.1) is 21.4 Å². The molecule has 2 aliphatic heterocycles. The topological polar surface area (TPSA) is 89.6 Å². The highest BCUT2D eigenvalue weighted by Gasteiger charge is 2.35. The van der Waals surface area contributed by atoms with Crippen molar-refractivity contribution in [3.63, 3.8) is 0 Å². The molecule has 1 aromatic heterocycles. The van der Waals surface area contributed by atoms with Crippen LogP contribution < -0.4 is 20.1 Å². The molecule has 1 fully saturated rings. The van der Waals surface area contributed by atoms with Crippen molar-refractivity contribution in [3.8, 4) is 22.6 Å². The zero-order valence-electron chi connectivity index (χ0n) is 17.5. The van der Waals surface area contributed by atoms with Crippen LogP contribution >= 0.6 is 11.3 Å². The Morgan fingerprint density at radius 3 is 2.84 bits per heavy atom. The minimum atomic E-state index is -0.901. The second-order valence-corrected chi connectivity index (χ2v) is 9.40. The van der Waals surface area contributed by atoms with E-state index in [1.54, 1.807) is 19.4 Å². The molecule has 31 heavy (non-hydrogen) atoms. The SMILES string of the molecule is C[C@@H](Oc1cc(-c2ccc3c(c2)NC(=O)C(C)(C)O3)cc2ncsc12)[C@H]1CNC(=O)C1. The number of ether oxygens (including phenoxy) is 2. The number of nitrogens with zero attached hydrogens (tertiary/aromatic N) is 1. The summed E-state index contributed by atoms with van der Waals surface area (Å²) >= 11 is 1.53. The summed E-state index contributed by atoms with van der Waals surface area (Å²) in [7, 11) is 0. The zero-order chi connectivity index (χ0) is 21.8. The third kappa shape index (κ3) is 3.61. The summed E-state index contributed by atoms with van der Waals surface area (Å²) in [5, 5.41) is 5.80. The van der Waals surface area contributed by atoms with E-state index in [9.17, 15) is 9.59 Å². The van der Waals surface area contributed by atoms with Gasteiger partial charge >= 0.3 is 0 Å². The van der Waals surface area contributed by atoms with Crippen LogP contribution in [0.25, 0.3) is 21.3 Å². The van der Waals surface area contributed by atoms with E-state index >= 15 is 0 Å². The molecule has 2 aromatic carbocycles. The fraction of sp³-hybridized carbons (Fsp3) is 0.348. The predicted molar refractivity (Wildman–Crippen MR) is 120 cm³/mol. The molecule has 2 amide bonds. The molecule has 0 aliphatic carbocycles. The van der Waals surface area contributed by atoms with Crippen LogP contribution in [0.1, 0.15) is 27.2 Å². The molecule has 8 heteroatoms. The lowest BCUT2D eigenvalue weighted by Crippen LogP contribution is -2.45. The highest BCUT2D eigenvalue weighted by atomic mass is 32.1. The van der Waals surface area contributed by atoms with Crippen LogP contribution in [0.3, 0.4) is 0 Å². The minimum absolute atomic E-state index is 0.0682. The summed E-state index contributed by atoms with van der Waals surface area (Å²) in [5.41, 5.74) is 4.25. The number of amides is 2. The average Bonchev–Trinajstić information content (AvgIpc) is 3.37. The van der Waals surface area contributed by atoms with E-state index in [2.05, 4.69) is 15.6 Å². The van der Waals surface area contributed by atoms with E-state index in [4.69, 9.17) is 9.47 Å². The zero-order valence-corrected chi connectivity index (χ0v) is 18.3. The van der Waals surface area contributed by atoms with Crippen LogP contribution in [0.4, 0.5) is 5.69 Å². The van der Waals surface area contributed by atoms with E-state index in [0.29, 0.717) is 24.4 Å². The van der Waals surface area contributed by atoms with E-state index in [1.165, 1.54) is 11.3 Å². The number of aromatic nitrogens is 1. The first-order chi connectivity index (χ1) is 14.8. The molecule has 2 N–H and O–H groups in total. The van der Waals surface area contributed by atoms with E-state index in [-0.39, 0.29) is 23.8 Å². The summed E-state index contributed by atoms with van der Waals surface area (Å²) in [6.45, 7) is 6.12. The van der Waals surface area contributed by atoms with Gasteiger partial charge in [0.25, 0.3) is 5.91 Å². The molecule has 0 radical (unpaired) electrons. The third-order valence-electron chi connectivity index (χ3n) is 5.86. The maximum Gasteiger partial charge on any atom is 0.268 e. The predicted octanol–water partition coefficient (Wildman–Crippen LogP) is 3.98. The molecule has 1 saturated heterocycles. The summed E-state index contributed by atoms with van der Waals surface area (Å²) < 4.78 is 13.1. The molecule has 3 aromatic rings. The first-order valence-electron chi connectivity index (χ1n) is 10.3. The number of anilines is 1. The number of fused-ring (bicyclic) bond motifs is 2. The van der Waals surface area contributed by atoms with Gasteiger partial charge in [-0.3, -0.25) is 9.59 Å². The van der Waals surface area contributed by atoms with Crippen LogP contribution in [0.5, 0.6) is 11.5 Å². The van der Waals surface area contributed by atoms with Gasteiger partial charge in [-0.05, 0) is 56.2 Å². The summed E-state index contributed by atoms with van der Waals surface area (Å²) in [6, 6.07) is 9.76. The standard InChI is InChI=1S/C23H23N3O4S/c1-12(15-9-20(27)24-10-15)29-19-8-14(7-17-21(19)31-11-25-17)13-4-5-18-16(6-13)26-22(28)23(2,3)30-18/h4-8,11-12,15H,9-10H2,1-3H3,(H,24,27)(H,26,28)/t12-,15-/m1/s1. The fourth-order valence-corrected chi connectivity index (χ4v) is 4.67. The lowest BCUT2D eigenvalue weighted by Gasteiger charge is -2.31. The van der Waals surface area contributed by atoms with Crippen LogP contribution in [0, 0.1) is 5.92 Å². The molecule has 5 rings (SSSR count). The molecule has 7 nitrogen and oxygen atoms in total. The lowest BCUT2D eigenvalue weighted by atomic mass is 10.0. The summed E-state index contributed by atoms with van der Waals surface area (Å²) in [4.78, 5) is 28.4. The largest absolute Gasteiger partial charge is 0.489 e. The Morgan fingerprint density at radius 1 is 1.23 bits per heavy atom. The van der Waals surface area contributed by atoms with Crippen LogP contribution in [-0.2, 0) is 9.59 Å². The smallest absolute Gasteiger partial charge is 0.268 e. The van der Waals surface area contributed by atoms with Gasteiger partial charge in [-0.2, -0.15) is 0 Å². The van der Waals surface area contributed by atoms with Crippen molar-refractivity contribution >= 4 is 39.1 Å². The number of carbonyl (C=O) groups excluding carboxylic acids is 2. The van der Waals surface area contributed by atoms with Gasteiger partial charge in [-0.1, -0.05) is 6.07 Å². The normalized spacial score (nSPS) is 20.5. The Kier molecular flexibility index (Phi) is 4.62. The van der Waals surface area contributed by atoms with Gasteiger partial charge in [0.15, 0.2) is 5.60 Å². The highest BCUT2D eigenvalue weighted by molar-refractivity contribution is 7.17. The lowest BCUT2D eigenvalue weighted by molar-refractivity contribution is -0.129. The van der Waals surface area contributed by atoms with Crippen molar-refractivity contribution in [2.75, 3.05) is 11.9 Å². The van der Waals surface area contributed by atoms with E-state index in [0.717, 1.165) is 27.1 Å². The number of benzene rings is 2. The molecular weight excluding hydrogens is 414 g/mol. The molecule has 3 heterocycles. The second-order valence-electron chi connectivity index (χ2n) is 8.54. The Bertz CT molecular complexity index is 1200.